The van der Waals surface area contributed by atoms with Gasteiger partial charge in [-0.25, -0.2) is 5.06 Å². The van der Waals surface area contributed by atoms with Crippen molar-refractivity contribution in [1.82, 2.24) is 5.06 Å². The van der Waals surface area contributed by atoms with Gasteiger partial charge in [0.05, 0.1) is 18.6 Å². The second-order valence-corrected chi connectivity index (χ2v) is 4.33. The lowest BCUT2D eigenvalue weighted by atomic mass is 10.1. The highest BCUT2D eigenvalue weighted by Gasteiger charge is 2.31. The number of carbonyl (C=O) groups is 1. The zero-order valence-electron chi connectivity index (χ0n) is 10.3. The van der Waals surface area contributed by atoms with Crippen LogP contribution in [0.4, 0.5) is 0 Å². The first-order chi connectivity index (χ1) is 8.72. The maximum Gasteiger partial charge on any atom is 0.250 e. The van der Waals surface area contributed by atoms with Crippen molar-refractivity contribution in [2.45, 2.75) is 25.0 Å². The molecule has 1 aromatic carbocycles. The van der Waals surface area contributed by atoms with Gasteiger partial charge in [-0.15, -0.1) is 0 Å². The molecule has 0 unspecified atom stereocenters. The van der Waals surface area contributed by atoms with E-state index in [4.69, 9.17) is 4.74 Å². The maximum absolute atomic E-state index is 12.0. The molecule has 0 radical (unpaired) electrons. The van der Waals surface area contributed by atoms with Gasteiger partial charge < -0.3 is 4.74 Å². The number of hydrogen-bond donors (Lipinski definition) is 1. The van der Waals surface area contributed by atoms with Crippen LogP contribution < -0.4 is 0 Å². The molecule has 0 saturated heterocycles. The third kappa shape index (κ3) is 2.78. The Kier molecular flexibility index (Phi) is 4.12. The van der Waals surface area contributed by atoms with Crippen molar-refractivity contribution in [1.29, 1.82) is 0 Å². The van der Waals surface area contributed by atoms with E-state index in [9.17, 15) is 10.0 Å². The molecule has 1 aliphatic rings. The summed E-state index contributed by atoms with van der Waals surface area (Å²) >= 11 is 0. The molecule has 4 nitrogen and oxygen atoms in total. The molecule has 1 amide bonds. The number of methoxy groups -OCH3 is 1. The molecule has 0 spiro atoms. The van der Waals surface area contributed by atoms with Gasteiger partial charge in [0.15, 0.2) is 0 Å². The summed E-state index contributed by atoms with van der Waals surface area (Å²) in [5.74, 6) is -0.308. The minimum Gasteiger partial charge on any atom is -0.375 e. The Bertz CT molecular complexity index is 430. The Morgan fingerprint density at radius 2 is 2.17 bits per heavy atom. The second-order valence-electron chi connectivity index (χ2n) is 4.33. The van der Waals surface area contributed by atoms with Gasteiger partial charge in [0.2, 0.25) is 0 Å². The van der Waals surface area contributed by atoms with Gasteiger partial charge in [0, 0.05) is 7.11 Å². The van der Waals surface area contributed by atoms with Crippen molar-refractivity contribution in [3.63, 3.8) is 0 Å². The quantitative estimate of drug-likeness (QED) is 0.501. The number of benzene rings is 1. The second kappa shape index (κ2) is 5.80. The predicted molar refractivity (Wildman–Crippen MR) is 67.1 cm³/mol. The molecule has 0 heterocycles. The summed E-state index contributed by atoms with van der Waals surface area (Å²) in [7, 11) is 1.57. The molecule has 1 aromatic rings. The third-order valence-corrected chi connectivity index (χ3v) is 3.12. The van der Waals surface area contributed by atoms with Crippen molar-refractivity contribution in [2.75, 3.05) is 7.11 Å². The monoisotopic (exact) mass is 247 g/mol. The Morgan fingerprint density at radius 3 is 2.83 bits per heavy atom. The summed E-state index contributed by atoms with van der Waals surface area (Å²) in [4.78, 5) is 12.0. The molecular weight excluding hydrogens is 230 g/mol. The third-order valence-electron chi connectivity index (χ3n) is 3.12. The van der Waals surface area contributed by atoms with Gasteiger partial charge in [-0.1, -0.05) is 42.5 Å². The van der Waals surface area contributed by atoms with Gasteiger partial charge >= 0.3 is 0 Å². The molecule has 2 atom stereocenters. The van der Waals surface area contributed by atoms with Crippen LogP contribution in [0.5, 0.6) is 0 Å². The Balaban J connectivity index is 1.97. The molecule has 96 valence electrons. The highest BCUT2D eigenvalue weighted by molar-refractivity contribution is 5.78. The van der Waals surface area contributed by atoms with Crippen LogP contribution in [0, 0.1) is 0 Å². The summed E-state index contributed by atoms with van der Waals surface area (Å²) in [6.45, 7) is 0. The Morgan fingerprint density at radius 1 is 1.44 bits per heavy atom. The van der Waals surface area contributed by atoms with Gasteiger partial charge in [0.25, 0.3) is 5.91 Å². The number of nitrogens with zero attached hydrogens (tertiary/aromatic N) is 1. The number of rotatable bonds is 4. The van der Waals surface area contributed by atoms with E-state index in [0.29, 0.717) is 6.42 Å². The average molecular weight is 247 g/mol. The lowest BCUT2D eigenvalue weighted by Crippen LogP contribution is -2.43. The lowest BCUT2D eigenvalue weighted by Gasteiger charge is -2.26. The number of hydroxylamine groups is 2. The minimum atomic E-state index is -0.314. The van der Waals surface area contributed by atoms with E-state index in [0.717, 1.165) is 10.6 Å². The Hall–Kier alpha value is -1.65. The number of amides is 1. The molecule has 0 bridgehead atoms. The fourth-order valence-corrected chi connectivity index (χ4v) is 2.13. The first-order valence-electron chi connectivity index (χ1n) is 5.96. The zero-order chi connectivity index (χ0) is 13.0. The smallest absolute Gasteiger partial charge is 0.250 e. The first-order valence-corrected chi connectivity index (χ1v) is 5.96. The number of hydrogen-bond acceptors (Lipinski definition) is 3. The summed E-state index contributed by atoms with van der Waals surface area (Å²) in [6.07, 6.45) is 4.37. The SMILES string of the molecule is CO[C@H]1C=CC[C@@H]1N(O)C(=O)Cc1ccccc1. The average Bonchev–Trinajstić information content (AvgIpc) is 2.87. The molecule has 4 heteroatoms. The van der Waals surface area contributed by atoms with Crippen LogP contribution in [0.2, 0.25) is 0 Å². The van der Waals surface area contributed by atoms with Crippen molar-refractivity contribution < 1.29 is 14.7 Å². The molecule has 1 N–H and O–H groups in total. The summed E-state index contributed by atoms with van der Waals surface area (Å²) in [6, 6.07) is 9.07. The summed E-state index contributed by atoms with van der Waals surface area (Å²) < 4.78 is 5.20. The van der Waals surface area contributed by atoms with Gasteiger partial charge in [-0.05, 0) is 12.0 Å². The van der Waals surface area contributed by atoms with Crippen LogP contribution in [0.3, 0.4) is 0 Å². The highest BCUT2D eigenvalue weighted by Crippen LogP contribution is 2.19. The van der Waals surface area contributed by atoms with Crippen molar-refractivity contribution in [2.24, 2.45) is 0 Å². The van der Waals surface area contributed by atoms with Crippen LogP contribution in [0.25, 0.3) is 0 Å². The van der Waals surface area contributed by atoms with Crippen molar-refractivity contribution >= 4 is 5.91 Å². The normalized spacial score (nSPS) is 22.1. The topological polar surface area (TPSA) is 49.8 Å². The Labute approximate surface area is 106 Å². The van der Waals surface area contributed by atoms with E-state index in [-0.39, 0.29) is 24.5 Å². The van der Waals surface area contributed by atoms with Crippen molar-refractivity contribution in [3.05, 3.63) is 48.0 Å². The molecule has 1 aliphatic carbocycles. The number of ether oxygens (including phenoxy) is 1. The van der Waals surface area contributed by atoms with E-state index in [1.807, 2.05) is 42.5 Å². The lowest BCUT2D eigenvalue weighted by molar-refractivity contribution is -0.182. The van der Waals surface area contributed by atoms with E-state index >= 15 is 0 Å². The van der Waals surface area contributed by atoms with Crippen molar-refractivity contribution in [3.8, 4) is 0 Å². The van der Waals surface area contributed by atoms with Gasteiger partial charge in [0.1, 0.15) is 0 Å². The summed E-state index contributed by atoms with van der Waals surface area (Å²) in [5, 5.41) is 10.8. The van der Waals surface area contributed by atoms with Crippen LogP contribution >= 0.6 is 0 Å². The number of carbonyl (C=O) groups excluding carboxylic acids is 1. The van der Waals surface area contributed by atoms with E-state index < -0.39 is 0 Å². The van der Waals surface area contributed by atoms with Crippen LogP contribution in [-0.4, -0.2) is 35.4 Å². The molecule has 2 rings (SSSR count). The molecule has 0 aromatic heterocycles. The highest BCUT2D eigenvalue weighted by atomic mass is 16.5. The predicted octanol–water partition coefficient (Wildman–Crippen LogP) is 1.79. The van der Waals surface area contributed by atoms with Gasteiger partial charge in [-0.3, -0.25) is 10.0 Å². The zero-order valence-corrected chi connectivity index (χ0v) is 10.3. The fraction of sp³-hybridized carbons (Fsp3) is 0.357. The molecule has 0 saturated carbocycles. The van der Waals surface area contributed by atoms with E-state index in [1.165, 1.54) is 0 Å². The van der Waals surface area contributed by atoms with Gasteiger partial charge in [-0.2, -0.15) is 0 Å². The largest absolute Gasteiger partial charge is 0.375 e. The van der Waals surface area contributed by atoms with Crippen LogP contribution in [0.1, 0.15) is 12.0 Å². The molecular formula is C14H17NO3. The van der Waals surface area contributed by atoms with Crippen LogP contribution in [-0.2, 0) is 16.0 Å². The maximum atomic E-state index is 12.0. The first kappa shape index (κ1) is 12.8. The minimum absolute atomic E-state index is 0.199. The standard InChI is InChI=1S/C14H17NO3/c1-18-13-9-5-8-12(13)15(17)14(16)10-11-6-3-2-4-7-11/h2-7,9,12-13,17H,8,10H2,1H3/t12-,13-/m0/s1. The summed E-state index contributed by atoms with van der Waals surface area (Å²) in [5.41, 5.74) is 0.890. The molecule has 0 fully saturated rings. The van der Waals surface area contributed by atoms with E-state index in [2.05, 4.69) is 0 Å². The molecule has 0 aliphatic heterocycles. The van der Waals surface area contributed by atoms with Crippen LogP contribution in [0.15, 0.2) is 42.5 Å². The molecule has 18 heavy (non-hydrogen) atoms. The fourth-order valence-electron chi connectivity index (χ4n) is 2.13. The van der Waals surface area contributed by atoms with E-state index in [1.54, 1.807) is 7.11 Å².